The van der Waals surface area contributed by atoms with Crippen LogP contribution in [-0.2, 0) is 4.74 Å². The Morgan fingerprint density at radius 3 is 2.42 bits per heavy atom. The Morgan fingerprint density at radius 2 is 1.95 bits per heavy atom. The molecular weight excluding hydrogens is 263 g/mol. The minimum Gasteiger partial charge on any atom is -0.444 e. The number of nitrogens with zero attached hydrogens (tertiary/aromatic N) is 1. The van der Waals surface area contributed by atoms with E-state index in [4.69, 9.17) is 4.74 Å². The van der Waals surface area contributed by atoms with Gasteiger partial charge in [0.2, 0.25) is 0 Å². The molecular formula is C12H18F3NO3. The van der Waals surface area contributed by atoms with E-state index in [9.17, 15) is 23.1 Å². The molecule has 0 aromatic carbocycles. The number of alkyl halides is 3. The molecule has 2 aliphatic heterocycles. The second-order valence-corrected chi connectivity index (χ2v) is 6.26. The van der Waals surface area contributed by atoms with Crippen molar-refractivity contribution in [1.29, 1.82) is 0 Å². The first kappa shape index (κ1) is 14.4. The van der Waals surface area contributed by atoms with Gasteiger partial charge in [0.15, 0.2) is 6.10 Å². The molecule has 19 heavy (non-hydrogen) atoms. The van der Waals surface area contributed by atoms with Crippen molar-refractivity contribution in [1.82, 2.24) is 4.90 Å². The summed E-state index contributed by atoms with van der Waals surface area (Å²) in [6, 6.07) is -0.559. The molecule has 0 spiro atoms. The number of hydrogen-bond donors (Lipinski definition) is 1. The Kier molecular flexibility index (Phi) is 3.24. The van der Waals surface area contributed by atoms with Crippen LogP contribution in [0.2, 0.25) is 0 Å². The van der Waals surface area contributed by atoms with E-state index < -0.39 is 35.9 Å². The summed E-state index contributed by atoms with van der Waals surface area (Å²) in [7, 11) is 0. The van der Waals surface area contributed by atoms with Gasteiger partial charge in [0, 0.05) is 18.5 Å². The van der Waals surface area contributed by atoms with Crippen molar-refractivity contribution < 1.29 is 27.8 Å². The zero-order valence-electron chi connectivity index (χ0n) is 11.1. The van der Waals surface area contributed by atoms with Crippen molar-refractivity contribution in [2.24, 2.45) is 11.8 Å². The fourth-order valence-corrected chi connectivity index (χ4v) is 2.88. The molecule has 1 aliphatic carbocycles. The van der Waals surface area contributed by atoms with E-state index in [0.717, 1.165) is 0 Å². The number of aliphatic hydroxyl groups excluding tert-OH is 1. The van der Waals surface area contributed by atoms with Gasteiger partial charge in [-0.25, -0.2) is 4.79 Å². The highest BCUT2D eigenvalue weighted by Crippen LogP contribution is 2.51. The summed E-state index contributed by atoms with van der Waals surface area (Å²) in [5.41, 5.74) is -0.678. The summed E-state index contributed by atoms with van der Waals surface area (Å²) in [6.45, 7) is 5.34. The monoisotopic (exact) mass is 281 g/mol. The first-order valence-corrected chi connectivity index (χ1v) is 6.25. The van der Waals surface area contributed by atoms with Crippen molar-refractivity contribution in [3.05, 3.63) is 0 Å². The normalized spacial score (nSPS) is 31.9. The highest BCUT2D eigenvalue weighted by molar-refractivity contribution is 5.69. The number of carbonyl (C=O) groups is 1. The van der Waals surface area contributed by atoms with E-state index in [1.807, 2.05) is 0 Å². The topological polar surface area (TPSA) is 49.8 Å². The Balaban J connectivity index is 2.01. The predicted molar refractivity (Wildman–Crippen MR) is 60.4 cm³/mol. The number of hydrogen-bond acceptors (Lipinski definition) is 3. The molecule has 1 unspecified atom stereocenters. The van der Waals surface area contributed by atoms with Crippen LogP contribution in [0.1, 0.15) is 27.2 Å². The Bertz CT molecular complexity index is 377. The molecule has 0 aromatic heterocycles. The van der Waals surface area contributed by atoms with E-state index >= 15 is 0 Å². The second kappa shape index (κ2) is 4.26. The van der Waals surface area contributed by atoms with Gasteiger partial charge in [0.1, 0.15) is 5.60 Å². The number of aliphatic hydroxyl groups is 1. The molecule has 4 nitrogen and oxygen atoms in total. The third-order valence-corrected chi connectivity index (χ3v) is 3.69. The predicted octanol–water partition coefficient (Wildman–Crippen LogP) is 2.17. The van der Waals surface area contributed by atoms with Gasteiger partial charge < -0.3 is 14.7 Å². The van der Waals surface area contributed by atoms with E-state index in [0.29, 0.717) is 6.42 Å². The highest BCUT2D eigenvalue weighted by Gasteiger charge is 2.62. The second-order valence-electron chi connectivity index (χ2n) is 6.26. The molecule has 3 aliphatic rings. The average molecular weight is 281 g/mol. The van der Waals surface area contributed by atoms with Crippen LogP contribution >= 0.6 is 0 Å². The van der Waals surface area contributed by atoms with Crippen LogP contribution in [-0.4, -0.2) is 46.6 Å². The summed E-state index contributed by atoms with van der Waals surface area (Å²) in [5, 5.41) is 9.31. The Labute approximate surface area is 109 Å². The molecule has 7 heteroatoms. The van der Waals surface area contributed by atoms with Gasteiger partial charge in [-0.2, -0.15) is 13.2 Å². The lowest BCUT2D eigenvalue weighted by Crippen LogP contribution is -2.52. The zero-order chi connectivity index (χ0) is 14.6. The van der Waals surface area contributed by atoms with Crippen molar-refractivity contribution in [3.63, 3.8) is 0 Å². The lowest BCUT2D eigenvalue weighted by Gasteiger charge is -2.40. The summed E-state index contributed by atoms with van der Waals surface area (Å²) in [6.07, 6.45) is -7.08. The standard InChI is InChI=1S/C12H18F3NO3/c1-11(2,3)19-10(18)16-5-6-4-7(16)8(6)9(17)12(13,14)15/h6-9,17H,4-5H2,1-3H3/t6-,7-,8?,9+/m0/s1. The largest absolute Gasteiger partial charge is 0.444 e. The number of ether oxygens (including phenoxy) is 1. The number of fused-ring (bicyclic) bond motifs is 1. The smallest absolute Gasteiger partial charge is 0.414 e. The number of rotatable bonds is 1. The molecule has 1 N–H and O–H groups in total. The molecule has 2 heterocycles. The van der Waals surface area contributed by atoms with Gasteiger partial charge in [-0.1, -0.05) is 0 Å². The maximum absolute atomic E-state index is 12.5. The molecule has 110 valence electrons. The van der Waals surface area contributed by atoms with E-state index in [-0.39, 0.29) is 12.5 Å². The van der Waals surface area contributed by atoms with Crippen molar-refractivity contribution in [2.75, 3.05) is 6.54 Å². The van der Waals surface area contributed by atoms with Crippen LogP contribution < -0.4 is 0 Å². The summed E-state index contributed by atoms with van der Waals surface area (Å²) in [5.74, 6) is -1.19. The van der Waals surface area contributed by atoms with Gasteiger partial charge in [-0.3, -0.25) is 0 Å². The molecule has 2 saturated heterocycles. The van der Waals surface area contributed by atoms with Crippen LogP contribution in [0.4, 0.5) is 18.0 Å². The number of amides is 1. The zero-order valence-corrected chi connectivity index (χ0v) is 11.1. The molecule has 0 aromatic rings. The molecule has 3 fully saturated rings. The van der Waals surface area contributed by atoms with Crippen LogP contribution in [0.25, 0.3) is 0 Å². The van der Waals surface area contributed by atoms with Crippen molar-refractivity contribution in [2.45, 2.75) is 51.1 Å². The molecule has 1 saturated carbocycles. The van der Waals surface area contributed by atoms with Crippen LogP contribution in [0.5, 0.6) is 0 Å². The minimum atomic E-state index is -4.63. The van der Waals surface area contributed by atoms with Gasteiger partial charge in [0.05, 0.1) is 0 Å². The maximum atomic E-state index is 12.5. The first-order valence-electron chi connectivity index (χ1n) is 6.25. The highest BCUT2D eigenvalue weighted by atomic mass is 19.4. The summed E-state index contributed by atoms with van der Waals surface area (Å²) < 4.78 is 42.7. The van der Waals surface area contributed by atoms with Gasteiger partial charge >= 0.3 is 12.3 Å². The molecule has 4 atom stereocenters. The van der Waals surface area contributed by atoms with Crippen molar-refractivity contribution >= 4 is 6.09 Å². The Hall–Kier alpha value is -0.980. The molecule has 2 bridgehead atoms. The maximum Gasteiger partial charge on any atom is 0.414 e. The van der Waals surface area contributed by atoms with Gasteiger partial charge in [0.25, 0.3) is 0 Å². The van der Waals surface area contributed by atoms with Crippen LogP contribution in [0.15, 0.2) is 0 Å². The number of carbonyl (C=O) groups excluding carboxylic acids is 1. The van der Waals surface area contributed by atoms with Gasteiger partial charge in [-0.05, 0) is 33.1 Å². The fraction of sp³-hybridized carbons (Fsp3) is 0.917. The van der Waals surface area contributed by atoms with E-state index in [1.165, 1.54) is 4.90 Å². The lowest BCUT2D eigenvalue weighted by molar-refractivity contribution is -0.233. The summed E-state index contributed by atoms with van der Waals surface area (Å²) >= 11 is 0. The van der Waals surface area contributed by atoms with Crippen LogP contribution in [0, 0.1) is 11.8 Å². The van der Waals surface area contributed by atoms with E-state index in [2.05, 4.69) is 0 Å². The van der Waals surface area contributed by atoms with E-state index in [1.54, 1.807) is 20.8 Å². The summed E-state index contributed by atoms with van der Waals surface area (Å²) in [4.78, 5) is 13.2. The molecule has 1 amide bonds. The Morgan fingerprint density at radius 1 is 1.37 bits per heavy atom. The number of halogens is 3. The van der Waals surface area contributed by atoms with Crippen molar-refractivity contribution in [3.8, 4) is 0 Å². The molecule has 3 rings (SSSR count). The van der Waals surface area contributed by atoms with Crippen LogP contribution in [0.3, 0.4) is 0 Å². The first-order chi connectivity index (χ1) is 8.50. The quantitative estimate of drug-likeness (QED) is 0.801. The molecule has 0 radical (unpaired) electrons. The third-order valence-electron chi connectivity index (χ3n) is 3.69. The van der Waals surface area contributed by atoms with Gasteiger partial charge in [-0.15, -0.1) is 0 Å². The SMILES string of the molecule is CC(C)(C)OC(=O)N1C[C@@H]2C[C@H]1C2[C@@H](O)C(F)(F)F. The average Bonchev–Trinajstić information content (AvgIpc) is 2.69. The third kappa shape index (κ3) is 2.66. The fourth-order valence-electron chi connectivity index (χ4n) is 2.88. The lowest BCUT2D eigenvalue weighted by atomic mass is 9.70. The minimum absolute atomic E-state index is 0.234.